The lowest BCUT2D eigenvalue weighted by Gasteiger charge is -2.16. The van der Waals surface area contributed by atoms with Gasteiger partial charge >= 0.3 is 0 Å². The second-order valence-electron chi connectivity index (χ2n) is 6.56. The van der Waals surface area contributed by atoms with Crippen molar-refractivity contribution < 1.29 is 29.0 Å². The van der Waals surface area contributed by atoms with E-state index in [4.69, 9.17) is 4.74 Å². The first kappa shape index (κ1) is 19.6. The minimum atomic E-state index is -0.952. The van der Waals surface area contributed by atoms with Crippen LogP contribution in [0, 0.1) is 5.92 Å². The third kappa shape index (κ3) is 4.68. The van der Waals surface area contributed by atoms with Crippen molar-refractivity contribution in [3.05, 3.63) is 23.3 Å². The summed E-state index contributed by atoms with van der Waals surface area (Å²) in [5.41, 5.74) is 0.667. The number of fused-ring (bicyclic) bond motifs is 1. The number of aryl methyl sites for hydroxylation is 1. The van der Waals surface area contributed by atoms with E-state index in [0.29, 0.717) is 24.3 Å². The molecule has 0 saturated carbocycles. The number of ether oxygens (including phenoxy) is 1. The summed E-state index contributed by atoms with van der Waals surface area (Å²) in [6.45, 7) is 2.12. The van der Waals surface area contributed by atoms with Gasteiger partial charge in [0.2, 0.25) is 11.6 Å². The number of benzene rings is 1. The Morgan fingerprint density at radius 3 is 2.46 bits per heavy atom. The fourth-order valence-corrected chi connectivity index (χ4v) is 2.89. The van der Waals surface area contributed by atoms with Crippen LogP contribution in [0.25, 0.3) is 0 Å². The second-order valence-corrected chi connectivity index (χ2v) is 6.56. The zero-order valence-corrected chi connectivity index (χ0v) is 15.0. The molecule has 140 valence electrons. The molecule has 1 aromatic carbocycles. The van der Waals surface area contributed by atoms with E-state index in [9.17, 15) is 24.3 Å². The molecule has 1 atom stereocenters. The number of phenolic OH excluding ortho intramolecular Hbond substituents is 1. The Kier molecular flexibility index (Phi) is 6.49. The van der Waals surface area contributed by atoms with Gasteiger partial charge in [-0.15, -0.1) is 0 Å². The molecule has 2 rings (SSSR count). The number of Topliss-reactive ketones (excluding diaryl/α,β-unsaturated/α-hetero) is 3. The number of methoxy groups -OCH3 is 1. The van der Waals surface area contributed by atoms with Gasteiger partial charge in [-0.25, -0.2) is 0 Å². The molecule has 7 heteroatoms. The number of carbonyl (C=O) groups excluding carboxylic acids is 4. The first-order valence-corrected chi connectivity index (χ1v) is 8.62. The summed E-state index contributed by atoms with van der Waals surface area (Å²) in [6, 6.07) is 2.99. The zero-order chi connectivity index (χ0) is 19.3. The first-order chi connectivity index (χ1) is 12.3. The highest BCUT2D eigenvalue weighted by Gasteiger charge is 2.24. The molecule has 2 N–H and O–H groups in total. The molecule has 1 amide bonds. The number of carbonyl (C=O) groups is 4. The van der Waals surface area contributed by atoms with Crippen molar-refractivity contribution in [1.29, 1.82) is 0 Å². The van der Waals surface area contributed by atoms with Crippen LogP contribution >= 0.6 is 0 Å². The summed E-state index contributed by atoms with van der Waals surface area (Å²) in [5.74, 6) is -2.62. The van der Waals surface area contributed by atoms with Crippen LogP contribution in [0.5, 0.6) is 11.5 Å². The van der Waals surface area contributed by atoms with Crippen LogP contribution in [0.3, 0.4) is 0 Å². The highest BCUT2D eigenvalue weighted by molar-refractivity contribution is 6.63. The lowest BCUT2D eigenvalue weighted by molar-refractivity contribution is -0.144. The number of nitrogens with one attached hydrogen (secondary N) is 1. The third-order valence-electron chi connectivity index (χ3n) is 4.47. The van der Waals surface area contributed by atoms with Crippen LogP contribution in [-0.4, -0.2) is 42.0 Å². The van der Waals surface area contributed by atoms with Crippen molar-refractivity contribution in [3.63, 3.8) is 0 Å². The number of aromatic hydroxyl groups is 1. The fraction of sp³-hybridized carbons (Fsp3) is 0.474. The number of rotatable bonds is 1. The van der Waals surface area contributed by atoms with Crippen molar-refractivity contribution in [2.75, 3.05) is 13.7 Å². The number of hydrogen-bond acceptors (Lipinski definition) is 6. The normalized spacial score (nSPS) is 20.2. The number of amides is 1. The molecule has 7 nitrogen and oxygen atoms in total. The molecule has 0 saturated heterocycles. The second kappa shape index (κ2) is 8.60. The average molecular weight is 361 g/mol. The van der Waals surface area contributed by atoms with E-state index >= 15 is 0 Å². The predicted octanol–water partition coefficient (Wildman–Crippen LogP) is 1.59. The third-order valence-corrected chi connectivity index (χ3v) is 4.47. The Bertz CT molecular complexity index is 740. The molecule has 0 bridgehead atoms. The Balaban J connectivity index is 2.33. The van der Waals surface area contributed by atoms with Crippen LogP contribution in [-0.2, 0) is 20.8 Å². The summed E-state index contributed by atoms with van der Waals surface area (Å²) >= 11 is 0. The van der Waals surface area contributed by atoms with Gasteiger partial charge in [0.1, 0.15) is 11.5 Å². The molecule has 0 aromatic heterocycles. The fourth-order valence-electron chi connectivity index (χ4n) is 2.89. The zero-order valence-electron chi connectivity index (χ0n) is 15.0. The Labute approximate surface area is 151 Å². The van der Waals surface area contributed by atoms with Gasteiger partial charge in [-0.1, -0.05) is 6.92 Å². The van der Waals surface area contributed by atoms with E-state index < -0.39 is 23.3 Å². The van der Waals surface area contributed by atoms with Gasteiger partial charge in [-0.05, 0) is 36.8 Å². The van der Waals surface area contributed by atoms with Gasteiger partial charge in [-0.3, -0.25) is 19.2 Å². The summed E-state index contributed by atoms with van der Waals surface area (Å²) in [4.78, 5) is 48.1. The minimum absolute atomic E-state index is 0.0132. The molecule has 1 aliphatic rings. The lowest BCUT2D eigenvalue weighted by Crippen LogP contribution is -2.30. The molecule has 26 heavy (non-hydrogen) atoms. The van der Waals surface area contributed by atoms with Crippen molar-refractivity contribution in [2.24, 2.45) is 5.92 Å². The highest BCUT2D eigenvalue weighted by atomic mass is 16.5. The van der Waals surface area contributed by atoms with Gasteiger partial charge in [0, 0.05) is 25.5 Å². The molecule has 0 aliphatic carbocycles. The molecular formula is C19H23NO6. The van der Waals surface area contributed by atoms with Gasteiger partial charge in [-0.2, -0.15) is 0 Å². The van der Waals surface area contributed by atoms with Crippen LogP contribution in [0.4, 0.5) is 0 Å². The number of phenols is 1. The molecule has 1 aliphatic heterocycles. The van der Waals surface area contributed by atoms with E-state index in [1.807, 2.05) is 6.92 Å². The molecular weight excluding hydrogens is 338 g/mol. The summed E-state index contributed by atoms with van der Waals surface area (Å²) in [5, 5.41) is 13.0. The monoisotopic (exact) mass is 361 g/mol. The maximum atomic E-state index is 12.5. The molecule has 0 spiro atoms. The smallest absolute Gasteiger partial charge is 0.264 e. The number of hydrogen-bond donors (Lipinski definition) is 2. The SMILES string of the molecule is COc1cc(O)c2c(c1)CCCC(=O)C(=O)C(=O)CC[C@@H](C)CNC2=O. The Morgan fingerprint density at radius 1 is 1.08 bits per heavy atom. The van der Waals surface area contributed by atoms with E-state index in [1.165, 1.54) is 13.2 Å². The first-order valence-electron chi connectivity index (χ1n) is 8.62. The summed E-state index contributed by atoms with van der Waals surface area (Å²) < 4.78 is 5.12. The van der Waals surface area contributed by atoms with Gasteiger partial charge in [0.05, 0.1) is 12.7 Å². The lowest BCUT2D eigenvalue weighted by atomic mass is 9.95. The molecule has 0 fully saturated rings. The van der Waals surface area contributed by atoms with Crippen LogP contribution < -0.4 is 10.1 Å². The molecule has 0 unspecified atom stereocenters. The molecule has 1 aromatic rings. The standard InChI is InChI=1S/C19H23NO6/c1-11-6-7-15(22)18(24)14(21)5-3-4-12-8-13(26-2)9-16(23)17(12)19(25)20-10-11/h8-9,11,23H,3-7,10H2,1-2H3,(H,20,25)/t11-/m1/s1. The van der Waals surface area contributed by atoms with Crippen molar-refractivity contribution in [3.8, 4) is 11.5 Å². The van der Waals surface area contributed by atoms with Gasteiger partial charge in [0.15, 0.2) is 0 Å². The van der Waals surface area contributed by atoms with E-state index in [-0.39, 0.29) is 42.9 Å². The van der Waals surface area contributed by atoms with E-state index in [1.54, 1.807) is 6.07 Å². The molecule has 0 radical (unpaired) electrons. The number of ketones is 3. The quantitative estimate of drug-likeness (QED) is 0.735. The predicted molar refractivity (Wildman–Crippen MR) is 93.3 cm³/mol. The van der Waals surface area contributed by atoms with Crippen LogP contribution in [0.15, 0.2) is 12.1 Å². The van der Waals surface area contributed by atoms with Gasteiger partial charge < -0.3 is 15.2 Å². The topological polar surface area (TPSA) is 110 Å². The average Bonchev–Trinajstić information content (AvgIpc) is 2.62. The van der Waals surface area contributed by atoms with Crippen LogP contribution in [0.2, 0.25) is 0 Å². The van der Waals surface area contributed by atoms with Crippen molar-refractivity contribution in [2.45, 2.75) is 39.0 Å². The van der Waals surface area contributed by atoms with Crippen LogP contribution in [0.1, 0.15) is 48.5 Å². The van der Waals surface area contributed by atoms with Crippen molar-refractivity contribution in [1.82, 2.24) is 5.32 Å². The maximum Gasteiger partial charge on any atom is 0.264 e. The summed E-state index contributed by atoms with van der Waals surface area (Å²) in [6.07, 6.45) is 0.858. The molecule has 1 heterocycles. The van der Waals surface area contributed by atoms with Gasteiger partial charge in [0.25, 0.3) is 11.7 Å². The minimum Gasteiger partial charge on any atom is -0.507 e. The van der Waals surface area contributed by atoms with E-state index in [2.05, 4.69) is 5.32 Å². The van der Waals surface area contributed by atoms with E-state index in [0.717, 1.165) is 0 Å². The summed E-state index contributed by atoms with van der Waals surface area (Å²) in [7, 11) is 1.44. The Hall–Kier alpha value is -2.70. The maximum absolute atomic E-state index is 12.5. The Morgan fingerprint density at radius 2 is 1.77 bits per heavy atom. The van der Waals surface area contributed by atoms with Crippen molar-refractivity contribution >= 4 is 23.3 Å². The largest absolute Gasteiger partial charge is 0.507 e. The highest BCUT2D eigenvalue weighted by Crippen LogP contribution is 2.29.